The van der Waals surface area contributed by atoms with Crippen molar-refractivity contribution >= 4 is 0 Å². The standard InChI is InChI=1S/C4H7N4O/c1-4(9)2-8-3-5-6-7-8/h4,9H,2H2,1H3. The lowest BCUT2D eigenvalue weighted by atomic mass is 10.4. The minimum absolute atomic E-state index is 0.396. The molecular formula is C4H7N4O. The molecule has 0 bridgehead atoms. The minimum atomic E-state index is -0.426. The smallest absolute Gasteiger partial charge is 0.221 e. The van der Waals surface area contributed by atoms with Crippen LogP contribution in [-0.2, 0) is 6.54 Å². The van der Waals surface area contributed by atoms with Crippen LogP contribution in [0.15, 0.2) is 0 Å². The SMILES string of the molecule is CC(O)Cn1[c]nnn1. The molecule has 9 heavy (non-hydrogen) atoms. The Labute approximate surface area is 52.3 Å². The normalized spacial score (nSPS) is 13.6. The number of hydrogen-bond donors (Lipinski definition) is 1. The summed E-state index contributed by atoms with van der Waals surface area (Å²) >= 11 is 0. The van der Waals surface area contributed by atoms with Crippen LogP contribution in [0.2, 0.25) is 0 Å². The predicted octanol–water partition coefficient (Wildman–Crippen LogP) is -1.15. The summed E-state index contributed by atoms with van der Waals surface area (Å²) in [7, 11) is 0. The van der Waals surface area contributed by atoms with E-state index in [0.29, 0.717) is 6.54 Å². The fourth-order valence-corrected chi connectivity index (χ4v) is 0.488. The van der Waals surface area contributed by atoms with E-state index in [0.717, 1.165) is 0 Å². The summed E-state index contributed by atoms with van der Waals surface area (Å²) in [6.07, 6.45) is 2.03. The van der Waals surface area contributed by atoms with Crippen molar-refractivity contribution in [2.75, 3.05) is 0 Å². The number of hydrogen-bond acceptors (Lipinski definition) is 4. The molecule has 0 aliphatic rings. The summed E-state index contributed by atoms with van der Waals surface area (Å²) < 4.78 is 1.35. The van der Waals surface area contributed by atoms with Gasteiger partial charge in [-0.25, -0.2) is 4.68 Å². The number of aliphatic hydroxyl groups is 1. The van der Waals surface area contributed by atoms with Gasteiger partial charge < -0.3 is 5.11 Å². The van der Waals surface area contributed by atoms with Gasteiger partial charge in [0.1, 0.15) is 0 Å². The summed E-state index contributed by atoms with van der Waals surface area (Å²) in [4.78, 5) is 0. The Bertz CT molecular complexity index is 159. The zero-order valence-electron chi connectivity index (χ0n) is 5.02. The third-order valence-corrected chi connectivity index (χ3v) is 0.790. The predicted molar refractivity (Wildman–Crippen MR) is 28.3 cm³/mol. The highest BCUT2D eigenvalue weighted by Crippen LogP contribution is 1.83. The maximum Gasteiger partial charge on any atom is 0.221 e. The summed E-state index contributed by atoms with van der Waals surface area (Å²) in [5, 5.41) is 18.9. The van der Waals surface area contributed by atoms with Crippen molar-refractivity contribution in [2.45, 2.75) is 19.6 Å². The van der Waals surface area contributed by atoms with Gasteiger partial charge >= 0.3 is 0 Å². The second-order valence-corrected chi connectivity index (χ2v) is 1.81. The molecule has 0 aliphatic carbocycles. The van der Waals surface area contributed by atoms with Crippen LogP contribution in [0.3, 0.4) is 0 Å². The quantitative estimate of drug-likeness (QED) is 0.545. The fourth-order valence-electron chi connectivity index (χ4n) is 0.488. The molecule has 5 heteroatoms. The molecule has 0 fully saturated rings. The Hall–Kier alpha value is -0.970. The summed E-state index contributed by atoms with van der Waals surface area (Å²) in [5.41, 5.74) is 0. The topological polar surface area (TPSA) is 63.8 Å². The highest BCUT2D eigenvalue weighted by atomic mass is 16.3. The molecule has 1 radical (unpaired) electrons. The molecule has 1 aromatic heterocycles. The maximum atomic E-state index is 8.79. The van der Waals surface area contributed by atoms with E-state index in [1.165, 1.54) is 4.68 Å². The Kier molecular flexibility index (Phi) is 1.74. The highest BCUT2D eigenvalue weighted by molar-refractivity contribution is 4.47. The van der Waals surface area contributed by atoms with E-state index in [-0.39, 0.29) is 0 Å². The van der Waals surface area contributed by atoms with Gasteiger partial charge in [-0.05, 0) is 17.4 Å². The van der Waals surface area contributed by atoms with Gasteiger partial charge in [-0.2, -0.15) is 0 Å². The first-order chi connectivity index (χ1) is 4.29. The zero-order chi connectivity index (χ0) is 6.69. The molecule has 0 amide bonds. The zero-order valence-corrected chi connectivity index (χ0v) is 5.02. The van der Waals surface area contributed by atoms with Gasteiger partial charge in [-0.1, -0.05) is 0 Å². The van der Waals surface area contributed by atoms with Crippen LogP contribution in [0.4, 0.5) is 0 Å². The lowest BCUT2D eigenvalue weighted by Crippen LogP contribution is -2.12. The van der Waals surface area contributed by atoms with Gasteiger partial charge in [0.15, 0.2) is 0 Å². The lowest BCUT2D eigenvalue weighted by Gasteiger charge is -1.99. The van der Waals surface area contributed by atoms with Crippen LogP contribution in [-0.4, -0.2) is 31.4 Å². The van der Waals surface area contributed by atoms with E-state index in [2.05, 4.69) is 21.9 Å². The minimum Gasteiger partial charge on any atom is -0.391 e. The second kappa shape index (κ2) is 2.54. The van der Waals surface area contributed by atoms with Gasteiger partial charge in [0.2, 0.25) is 6.33 Å². The first kappa shape index (κ1) is 6.15. The maximum absolute atomic E-state index is 8.79. The second-order valence-electron chi connectivity index (χ2n) is 1.81. The monoisotopic (exact) mass is 127 g/mol. The fraction of sp³-hybridized carbons (Fsp3) is 0.750. The van der Waals surface area contributed by atoms with Crippen LogP contribution in [0.1, 0.15) is 6.92 Å². The Balaban J connectivity index is 2.48. The largest absolute Gasteiger partial charge is 0.391 e. The molecule has 1 aromatic rings. The summed E-state index contributed by atoms with van der Waals surface area (Å²) in [6, 6.07) is 0. The van der Waals surface area contributed by atoms with Gasteiger partial charge in [0, 0.05) is 0 Å². The molecule has 1 rings (SSSR count). The van der Waals surface area contributed by atoms with Gasteiger partial charge in [0.05, 0.1) is 12.6 Å². The lowest BCUT2D eigenvalue weighted by molar-refractivity contribution is 0.167. The molecule has 0 aliphatic heterocycles. The van der Waals surface area contributed by atoms with Crippen molar-refractivity contribution in [1.82, 2.24) is 20.2 Å². The van der Waals surface area contributed by atoms with Crippen LogP contribution in [0.25, 0.3) is 0 Å². The third kappa shape index (κ3) is 1.77. The third-order valence-electron chi connectivity index (χ3n) is 0.790. The van der Waals surface area contributed by atoms with E-state index in [4.69, 9.17) is 5.11 Å². The molecule has 0 saturated carbocycles. The van der Waals surface area contributed by atoms with Gasteiger partial charge in [-0.3, -0.25) is 0 Å². The van der Waals surface area contributed by atoms with Crippen molar-refractivity contribution in [2.24, 2.45) is 0 Å². The van der Waals surface area contributed by atoms with E-state index < -0.39 is 6.10 Å². The molecule has 0 spiro atoms. The first-order valence-electron chi connectivity index (χ1n) is 2.61. The Morgan fingerprint density at radius 3 is 3.00 bits per heavy atom. The van der Waals surface area contributed by atoms with Crippen molar-refractivity contribution < 1.29 is 5.11 Å². The van der Waals surface area contributed by atoms with Crippen LogP contribution >= 0.6 is 0 Å². The highest BCUT2D eigenvalue weighted by Gasteiger charge is 1.97. The van der Waals surface area contributed by atoms with Crippen LogP contribution in [0, 0.1) is 6.33 Å². The number of aliphatic hydroxyl groups excluding tert-OH is 1. The van der Waals surface area contributed by atoms with Crippen molar-refractivity contribution in [3.05, 3.63) is 6.33 Å². The van der Waals surface area contributed by atoms with E-state index in [9.17, 15) is 0 Å². The molecule has 5 nitrogen and oxygen atoms in total. The molecular weight excluding hydrogens is 120 g/mol. The molecule has 1 atom stereocenters. The van der Waals surface area contributed by atoms with Crippen molar-refractivity contribution in [3.63, 3.8) is 0 Å². The average molecular weight is 127 g/mol. The van der Waals surface area contributed by atoms with E-state index >= 15 is 0 Å². The van der Waals surface area contributed by atoms with E-state index in [1.807, 2.05) is 0 Å². The first-order valence-corrected chi connectivity index (χ1v) is 2.61. The summed E-state index contributed by atoms with van der Waals surface area (Å²) in [6.45, 7) is 2.06. The number of aromatic nitrogens is 4. The molecule has 1 N–H and O–H groups in total. The molecule has 0 aromatic carbocycles. The van der Waals surface area contributed by atoms with Gasteiger partial charge in [-0.15, -0.1) is 5.10 Å². The average Bonchev–Trinajstić information content (AvgIpc) is 2.15. The molecule has 49 valence electrons. The van der Waals surface area contributed by atoms with Crippen LogP contribution in [0.5, 0.6) is 0 Å². The number of rotatable bonds is 2. The Morgan fingerprint density at radius 1 is 1.78 bits per heavy atom. The van der Waals surface area contributed by atoms with Crippen LogP contribution < -0.4 is 0 Å². The molecule has 0 saturated heterocycles. The van der Waals surface area contributed by atoms with Gasteiger partial charge in [0.25, 0.3) is 0 Å². The van der Waals surface area contributed by atoms with E-state index in [1.54, 1.807) is 6.92 Å². The number of nitrogens with zero attached hydrogens (tertiary/aromatic N) is 4. The van der Waals surface area contributed by atoms with Crippen molar-refractivity contribution in [1.29, 1.82) is 0 Å². The number of tetrazole rings is 1. The molecule has 1 heterocycles. The molecule has 1 unspecified atom stereocenters. The Morgan fingerprint density at radius 2 is 2.56 bits per heavy atom. The van der Waals surface area contributed by atoms with Crippen molar-refractivity contribution in [3.8, 4) is 0 Å². The summed E-state index contributed by atoms with van der Waals surface area (Å²) in [5.74, 6) is 0.